The lowest BCUT2D eigenvalue weighted by Crippen LogP contribution is -2.26. The van der Waals surface area contributed by atoms with Crippen molar-refractivity contribution < 1.29 is 28.6 Å². The van der Waals surface area contributed by atoms with E-state index in [9.17, 15) is 14.0 Å². The molecular formula is C26H25ClFNO5. The van der Waals surface area contributed by atoms with Gasteiger partial charge in [-0.3, -0.25) is 4.79 Å². The highest BCUT2D eigenvalue weighted by Crippen LogP contribution is 2.26. The fraction of sp³-hybridized carbons (Fsp3) is 0.231. The van der Waals surface area contributed by atoms with Crippen molar-refractivity contribution >= 4 is 23.7 Å². The SMILES string of the molecule is CCCCOc1ccc(Cl)cc1C(=O)NCCc1ccc(-c2ccc(OC(=O)O)c(F)c2)cc1. The van der Waals surface area contributed by atoms with Gasteiger partial charge in [-0.1, -0.05) is 55.3 Å². The minimum absolute atomic E-state index is 0.259. The molecule has 3 rings (SSSR count). The molecule has 0 saturated heterocycles. The van der Waals surface area contributed by atoms with Crippen LogP contribution in [0.4, 0.5) is 9.18 Å². The molecule has 0 radical (unpaired) electrons. The van der Waals surface area contributed by atoms with Crippen molar-refractivity contribution in [2.75, 3.05) is 13.2 Å². The maximum Gasteiger partial charge on any atom is 0.511 e. The summed E-state index contributed by atoms with van der Waals surface area (Å²) in [5.41, 5.74) is 2.74. The van der Waals surface area contributed by atoms with Crippen LogP contribution < -0.4 is 14.8 Å². The van der Waals surface area contributed by atoms with E-state index in [2.05, 4.69) is 17.0 Å². The van der Waals surface area contributed by atoms with Crippen molar-refractivity contribution in [2.24, 2.45) is 0 Å². The highest BCUT2D eigenvalue weighted by atomic mass is 35.5. The fourth-order valence-corrected chi connectivity index (χ4v) is 3.44. The average molecular weight is 486 g/mol. The molecule has 0 aliphatic carbocycles. The van der Waals surface area contributed by atoms with Crippen LogP contribution in [0.15, 0.2) is 60.7 Å². The van der Waals surface area contributed by atoms with Crippen LogP contribution in [0.25, 0.3) is 11.1 Å². The number of benzene rings is 3. The van der Waals surface area contributed by atoms with E-state index < -0.39 is 12.0 Å². The Kier molecular flexibility index (Phi) is 8.87. The van der Waals surface area contributed by atoms with Gasteiger partial charge < -0.3 is 19.9 Å². The number of carbonyl (C=O) groups excluding carboxylic acids is 1. The first-order valence-corrected chi connectivity index (χ1v) is 11.3. The Bertz CT molecular complexity index is 1150. The van der Waals surface area contributed by atoms with Crippen LogP contribution in [0.5, 0.6) is 11.5 Å². The van der Waals surface area contributed by atoms with Gasteiger partial charge in [0.25, 0.3) is 5.91 Å². The third-order valence-electron chi connectivity index (χ3n) is 5.06. The summed E-state index contributed by atoms with van der Waals surface area (Å²) in [6.07, 6.45) is 0.914. The topological polar surface area (TPSA) is 84.9 Å². The molecule has 0 aromatic heterocycles. The Morgan fingerprint density at radius 1 is 1.00 bits per heavy atom. The number of hydrogen-bond acceptors (Lipinski definition) is 4. The van der Waals surface area contributed by atoms with Crippen molar-refractivity contribution in [1.29, 1.82) is 0 Å². The molecule has 0 spiro atoms. The molecule has 0 aliphatic heterocycles. The van der Waals surface area contributed by atoms with Crippen molar-refractivity contribution in [3.05, 3.63) is 82.6 Å². The van der Waals surface area contributed by atoms with Crippen molar-refractivity contribution in [3.8, 4) is 22.6 Å². The van der Waals surface area contributed by atoms with E-state index in [0.717, 1.165) is 24.0 Å². The van der Waals surface area contributed by atoms with E-state index in [1.807, 2.05) is 24.3 Å². The molecule has 6 nitrogen and oxygen atoms in total. The van der Waals surface area contributed by atoms with Crippen LogP contribution in [-0.2, 0) is 6.42 Å². The summed E-state index contributed by atoms with van der Waals surface area (Å²) < 4.78 is 24.2. The number of nitrogens with one attached hydrogen (secondary N) is 1. The standard InChI is InChI=1S/C26H25ClFNO5/c1-2-3-14-33-23-11-9-20(27)16-21(23)25(30)29-13-12-17-4-6-18(7-5-17)19-8-10-24(22(28)15-19)34-26(31)32/h4-11,15-16H,2-3,12-14H2,1H3,(H,29,30)(H,31,32). The summed E-state index contributed by atoms with van der Waals surface area (Å²) in [6.45, 7) is 3.01. The quantitative estimate of drug-likeness (QED) is 0.198. The summed E-state index contributed by atoms with van der Waals surface area (Å²) in [5.74, 6) is -0.857. The minimum atomic E-state index is -1.57. The second-order valence-electron chi connectivity index (χ2n) is 7.56. The number of halogens is 2. The Hall–Kier alpha value is -3.58. The fourth-order valence-electron chi connectivity index (χ4n) is 3.27. The van der Waals surface area contributed by atoms with Crippen LogP contribution in [0.3, 0.4) is 0 Å². The lowest BCUT2D eigenvalue weighted by atomic mass is 10.0. The number of hydrogen-bond donors (Lipinski definition) is 2. The predicted octanol–water partition coefficient (Wildman–Crippen LogP) is 6.35. The zero-order chi connectivity index (χ0) is 24.5. The molecule has 3 aromatic carbocycles. The molecule has 0 atom stereocenters. The molecule has 8 heteroatoms. The van der Waals surface area contributed by atoms with E-state index in [4.69, 9.17) is 21.4 Å². The highest BCUT2D eigenvalue weighted by molar-refractivity contribution is 6.31. The summed E-state index contributed by atoms with van der Waals surface area (Å²) >= 11 is 6.07. The van der Waals surface area contributed by atoms with E-state index in [-0.39, 0.29) is 11.7 Å². The average Bonchev–Trinajstić information content (AvgIpc) is 2.81. The molecule has 0 heterocycles. The van der Waals surface area contributed by atoms with E-state index >= 15 is 0 Å². The highest BCUT2D eigenvalue weighted by Gasteiger charge is 2.14. The van der Waals surface area contributed by atoms with Gasteiger partial charge in [0.05, 0.1) is 12.2 Å². The monoisotopic (exact) mass is 485 g/mol. The van der Waals surface area contributed by atoms with Gasteiger partial charge in [0, 0.05) is 11.6 Å². The molecule has 2 N–H and O–H groups in total. The van der Waals surface area contributed by atoms with Gasteiger partial charge in [-0.15, -0.1) is 0 Å². The first kappa shape index (κ1) is 25.1. The molecule has 34 heavy (non-hydrogen) atoms. The number of rotatable bonds is 10. The van der Waals surface area contributed by atoms with Crippen LogP contribution in [0, 0.1) is 5.82 Å². The first-order valence-electron chi connectivity index (χ1n) is 10.9. The number of carboxylic acid groups (broad SMARTS) is 1. The molecule has 0 unspecified atom stereocenters. The molecule has 3 aromatic rings. The number of carbonyl (C=O) groups is 2. The van der Waals surface area contributed by atoms with Gasteiger partial charge in [-0.2, -0.15) is 0 Å². The Morgan fingerprint density at radius 2 is 1.71 bits per heavy atom. The number of unbranched alkanes of at least 4 members (excludes halogenated alkanes) is 1. The molecule has 0 bridgehead atoms. The smallest absolute Gasteiger partial charge is 0.493 e. The van der Waals surface area contributed by atoms with Crippen molar-refractivity contribution in [2.45, 2.75) is 26.2 Å². The lowest BCUT2D eigenvalue weighted by molar-refractivity contribution is 0.0949. The molecule has 0 aliphatic rings. The van der Waals surface area contributed by atoms with Gasteiger partial charge in [-0.25, -0.2) is 9.18 Å². The lowest BCUT2D eigenvalue weighted by Gasteiger charge is -2.12. The largest absolute Gasteiger partial charge is 0.511 e. The predicted molar refractivity (Wildman–Crippen MR) is 128 cm³/mol. The molecule has 1 amide bonds. The van der Waals surface area contributed by atoms with Gasteiger partial charge >= 0.3 is 6.16 Å². The normalized spacial score (nSPS) is 10.6. The summed E-state index contributed by atoms with van der Waals surface area (Å²) in [7, 11) is 0. The summed E-state index contributed by atoms with van der Waals surface area (Å²) in [5, 5.41) is 12.0. The zero-order valence-electron chi connectivity index (χ0n) is 18.6. The van der Waals surface area contributed by atoms with Gasteiger partial charge in [0.2, 0.25) is 0 Å². The second kappa shape index (κ2) is 12.0. The van der Waals surface area contributed by atoms with E-state index in [0.29, 0.717) is 41.5 Å². The van der Waals surface area contributed by atoms with Crippen LogP contribution in [-0.4, -0.2) is 30.3 Å². The van der Waals surface area contributed by atoms with Gasteiger partial charge in [0.1, 0.15) is 5.75 Å². The summed E-state index contributed by atoms with van der Waals surface area (Å²) in [6, 6.07) is 16.5. The van der Waals surface area contributed by atoms with Crippen molar-refractivity contribution in [3.63, 3.8) is 0 Å². The Balaban J connectivity index is 1.58. The molecule has 0 fully saturated rings. The minimum Gasteiger partial charge on any atom is -0.493 e. The van der Waals surface area contributed by atoms with Crippen LogP contribution in [0.2, 0.25) is 5.02 Å². The molecule has 178 valence electrons. The number of ether oxygens (including phenoxy) is 2. The Morgan fingerprint density at radius 3 is 2.38 bits per heavy atom. The van der Waals surface area contributed by atoms with Crippen LogP contribution in [0.1, 0.15) is 35.7 Å². The van der Waals surface area contributed by atoms with Gasteiger partial charge in [-0.05, 0) is 59.9 Å². The Labute approximate surface area is 202 Å². The van der Waals surface area contributed by atoms with Crippen molar-refractivity contribution in [1.82, 2.24) is 5.32 Å². The maximum absolute atomic E-state index is 14.1. The molecule has 0 saturated carbocycles. The van der Waals surface area contributed by atoms with E-state index in [1.54, 1.807) is 24.3 Å². The third-order valence-corrected chi connectivity index (χ3v) is 5.29. The number of amides is 1. The van der Waals surface area contributed by atoms with E-state index in [1.165, 1.54) is 12.1 Å². The first-order chi connectivity index (χ1) is 16.4. The molecular weight excluding hydrogens is 461 g/mol. The zero-order valence-corrected chi connectivity index (χ0v) is 19.4. The third kappa shape index (κ3) is 6.96. The summed E-state index contributed by atoms with van der Waals surface area (Å²) in [4.78, 5) is 23.3. The van der Waals surface area contributed by atoms with Crippen LogP contribution >= 0.6 is 11.6 Å². The maximum atomic E-state index is 14.1. The second-order valence-corrected chi connectivity index (χ2v) is 7.99. The van der Waals surface area contributed by atoms with Gasteiger partial charge in [0.15, 0.2) is 11.6 Å².